The van der Waals surface area contributed by atoms with Crippen molar-refractivity contribution in [2.45, 2.75) is 4.90 Å². The summed E-state index contributed by atoms with van der Waals surface area (Å²) in [5.41, 5.74) is 0.728. The number of hydrogen-bond acceptors (Lipinski definition) is 6. The van der Waals surface area contributed by atoms with Gasteiger partial charge < -0.3 is 9.84 Å². The maximum atomic E-state index is 13.1. The quantitative estimate of drug-likeness (QED) is 0.575. The first-order chi connectivity index (χ1) is 13.7. The summed E-state index contributed by atoms with van der Waals surface area (Å²) in [4.78, 5) is 11.6. The lowest BCUT2D eigenvalue weighted by atomic mass is 10.1. The molecular formula is C19H13ClN2O5S2. The maximum Gasteiger partial charge on any atom is 0.335 e. The number of aromatic carboxylic acids is 1. The minimum Gasteiger partial charge on any atom is -0.495 e. The Morgan fingerprint density at radius 2 is 1.97 bits per heavy atom. The summed E-state index contributed by atoms with van der Waals surface area (Å²) >= 11 is 7.24. The molecule has 0 bridgehead atoms. The summed E-state index contributed by atoms with van der Waals surface area (Å²) in [6, 6.07) is 13.5. The van der Waals surface area contributed by atoms with E-state index in [0.29, 0.717) is 14.8 Å². The molecule has 0 aliphatic carbocycles. The van der Waals surface area contributed by atoms with Crippen molar-refractivity contribution >= 4 is 44.6 Å². The van der Waals surface area contributed by atoms with Gasteiger partial charge in [-0.1, -0.05) is 17.7 Å². The van der Waals surface area contributed by atoms with Crippen LogP contribution in [0.3, 0.4) is 0 Å². The number of nitriles is 1. The Morgan fingerprint density at radius 1 is 1.21 bits per heavy atom. The smallest absolute Gasteiger partial charge is 0.335 e. The van der Waals surface area contributed by atoms with Gasteiger partial charge >= 0.3 is 5.97 Å². The van der Waals surface area contributed by atoms with E-state index in [-0.39, 0.29) is 27.5 Å². The monoisotopic (exact) mass is 448 g/mol. The molecule has 0 radical (unpaired) electrons. The molecule has 1 aromatic heterocycles. The lowest BCUT2D eigenvalue weighted by molar-refractivity contribution is 0.0696. The number of methoxy groups -OCH3 is 1. The third kappa shape index (κ3) is 4.35. The molecule has 1 heterocycles. The number of hydrogen-bond donors (Lipinski definition) is 2. The van der Waals surface area contributed by atoms with E-state index >= 15 is 0 Å². The van der Waals surface area contributed by atoms with E-state index < -0.39 is 16.0 Å². The molecule has 0 unspecified atom stereocenters. The lowest BCUT2D eigenvalue weighted by Crippen LogP contribution is -2.15. The molecule has 0 amide bonds. The van der Waals surface area contributed by atoms with Crippen molar-refractivity contribution in [2.75, 3.05) is 11.8 Å². The van der Waals surface area contributed by atoms with Crippen LogP contribution in [0, 0.1) is 11.3 Å². The summed E-state index contributed by atoms with van der Waals surface area (Å²) in [6.07, 6.45) is 0. The maximum absolute atomic E-state index is 13.1. The van der Waals surface area contributed by atoms with Gasteiger partial charge in [-0.25, -0.2) is 13.2 Å². The molecule has 10 heteroatoms. The van der Waals surface area contributed by atoms with E-state index in [2.05, 4.69) is 4.72 Å². The second kappa shape index (κ2) is 8.13. The van der Waals surface area contributed by atoms with Crippen LogP contribution in [0.2, 0.25) is 4.34 Å². The first-order valence-electron chi connectivity index (χ1n) is 7.99. The number of carboxylic acid groups (broad SMARTS) is 1. The van der Waals surface area contributed by atoms with Gasteiger partial charge in [-0.05, 0) is 42.5 Å². The van der Waals surface area contributed by atoms with Crippen molar-refractivity contribution in [3.05, 3.63) is 64.0 Å². The molecule has 3 rings (SSSR count). The first kappa shape index (κ1) is 20.7. The number of thiophene rings is 1. The normalized spacial score (nSPS) is 10.9. The van der Waals surface area contributed by atoms with E-state index in [1.165, 1.54) is 36.6 Å². The fourth-order valence-corrected chi connectivity index (χ4v) is 4.94. The molecule has 3 aromatic rings. The van der Waals surface area contributed by atoms with Crippen molar-refractivity contribution < 1.29 is 23.1 Å². The van der Waals surface area contributed by atoms with Crippen molar-refractivity contribution in [3.8, 4) is 22.3 Å². The predicted octanol–water partition coefficient (Wildman–Crippen LogP) is 4.45. The highest BCUT2D eigenvalue weighted by atomic mass is 35.5. The molecule has 0 fully saturated rings. The Labute approximate surface area is 175 Å². The zero-order valence-corrected chi connectivity index (χ0v) is 17.2. The Bertz CT molecular complexity index is 1250. The topological polar surface area (TPSA) is 116 Å². The first-order valence-corrected chi connectivity index (χ1v) is 10.7. The van der Waals surface area contributed by atoms with Gasteiger partial charge in [0.1, 0.15) is 10.6 Å². The third-order valence-corrected chi connectivity index (χ3v) is 6.58. The zero-order valence-electron chi connectivity index (χ0n) is 14.8. The van der Waals surface area contributed by atoms with E-state index in [4.69, 9.17) is 16.3 Å². The second-order valence-corrected chi connectivity index (χ2v) is 9.12. The fourth-order valence-electron chi connectivity index (χ4n) is 2.59. The highest BCUT2D eigenvalue weighted by Gasteiger charge is 2.23. The van der Waals surface area contributed by atoms with Crippen LogP contribution in [0.25, 0.3) is 10.4 Å². The molecule has 0 aliphatic heterocycles. The van der Waals surface area contributed by atoms with E-state index in [0.717, 1.165) is 6.07 Å². The Hall–Kier alpha value is -3.06. The van der Waals surface area contributed by atoms with Crippen molar-refractivity contribution in [2.24, 2.45) is 0 Å². The average molecular weight is 449 g/mol. The van der Waals surface area contributed by atoms with Gasteiger partial charge in [0.2, 0.25) is 0 Å². The predicted molar refractivity (Wildman–Crippen MR) is 110 cm³/mol. The van der Waals surface area contributed by atoms with Crippen LogP contribution >= 0.6 is 22.9 Å². The fraction of sp³-hybridized carbons (Fsp3) is 0.0526. The number of ether oxygens (including phenoxy) is 1. The number of carboxylic acids is 1. The number of rotatable bonds is 6. The van der Waals surface area contributed by atoms with Gasteiger partial charge in [-0.3, -0.25) is 4.72 Å². The highest BCUT2D eigenvalue weighted by Crippen LogP contribution is 2.37. The number of carbonyl (C=O) groups is 1. The van der Waals surface area contributed by atoms with Gasteiger partial charge in [-0.2, -0.15) is 5.26 Å². The number of sulfonamides is 1. The lowest BCUT2D eigenvalue weighted by Gasteiger charge is -2.15. The van der Waals surface area contributed by atoms with Crippen LogP contribution in [0.5, 0.6) is 5.75 Å². The van der Waals surface area contributed by atoms with E-state index in [1.54, 1.807) is 24.3 Å². The number of nitrogens with zero attached hydrogens (tertiary/aromatic N) is 1. The van der Waals surface area contributed by atoms with Crippen molar-refractivity contribution in [3.63, 3.8) is 0 Å². The molecule has 0 saturated carbocycles. The molecule has 7 nitrogen and oxygen atoms in total. The van der Waals surface area contributed by atoms with Gasteiger partial charge in [0.15, 0.2) is 0 Å². The molecule has 0 aliphatic rings. The van der Waals surface area contributed by atoms with E-state index in [1.807, 2.05) is 6.07 Å². The van der Waals surface area contributed by atoms with Crippen molar-refractivity contribution in [1.82, 2.24) is 0 Å². The number of nitrogens with one attached hydrogen (secondary N) is 1. The Kier molecular flexibility index (Phi) is 5.79. The summed E-state index contributed by atoms with van der Waals surface area (Å²) in [5.74, 6) is -1.29. The number of anilines is 1. The molecular weight excluding hydrogens is 436 g/mol. The highest BCUT2D eigenvalue weighted by molar-refractivity contribution is 7.92. The molecule has 29 heavy (non-hydrogen) atoms. The van der Waals surface area contributed by atoms with Crippen LogP contribution in [-0.4, -0.2) is 26.6 Å². The standard InChI is InChI=1S/C19H13ClN2O5S2/c1-27-15-5-3-12(19(23)24)9-17(15)29(25,26)22-14-8-11(10-21)2-4-13(14)16-6-7-18(20)28-16/h2-9,22H,1H3,(H,23,24). The van der Waals surface area contributed by atoms with Gasteiger partial charge in [-0.15, -0.1) is 11.3 Å². The van der Waals surface area contributed by atoms with Crippen LogP contribution in [0.1, 0.15) is 15.9 Å². The molecule has 148 valence electrons. The molecule has 0 saturated heterocycles. The molecule has 0 spiro atoms. The summed E-state index contributed by atoms with van der Waals surface area (Å²) < 4.78 is 34.2. The largest absolute Gasteiger partial charge is 0.495 e. The molecule has 2 aromatic carbocycles. The van der Waals surface area contributed by atoms with Crippen molar-refractivity contribution in [1.29, 1.82) is 5.26 Å². The van der Waals surface area contributed by atoms with Gasteiger partial charge in [0.25, 0.3) is 10.0 Å². The van der Waals surface area contributed by atoms with E-state index in [9.17, 15) is 23.6 Å². The SMILES string of the molecule is COc1ccc(C(=O)O)cc1S(=O)(=O)Nc1cc(C#N)ccc1-c1ccc(Cl)s1. The third-order valence-electron chi connectivity index (χ3n) is 3.93. The molecule has 0 atom stereocenters. The summed E-state index contributed by atoms with van der Waals surface area (Å²) in [6.45, 7) is 0. The van der Waals surface area contributed by atoms with Crippen LogP contribution in [0.4, 0.5) is 5.69 Å². The second-order valence-electron chi connectivity index (χ2n) is 5.75. The summed E-state index contributed by atoms with van der Waals surface area (Å²) in [5, 5.41) is 18.4. The minimum absolute atomic E-state index is 0.0142. The number of halogens is 1. The number of benzene rings is 2. The van der Waals surface area contributed by atoms with Crippen LogP contribution in [0.15, 0.2) is 53.4 Å². The van der Waals surface area contributed by atoms with Gasteiger partial charge in [0.05, 0.1) is 34.3 Å². The Balaban J connectivity index is 2.13. The minimum atomic E-state index is -4.24. The van der Waals surface area contributed by atoms with Crippen LogP contribution in [-0.2, 0) is 10.0 Å². The average Bonchev–Trinajstić information content (AvgIpc) is 3.13. The molecule has 2 N–H and O–H groups in total. The summed E-state index contributed by atoms with van der Waals surface area (Å²) in [7, 11) is -2.95. The van der Waals surface area contributed by atoms with Gasteiger partial charge in [0, 0.05) is 10.4 Å². The Morgan fingerprint density at radius 3 is 2.55 bits per heavy atom. The zero-order chi connectivity index (χ0) is 21.2. The van der Waals surface area contributed by atoms with Crippen LogP contribution < -0.4 is 9.46 Å².